The predicted octanol–water partition coefficient (Wildman–Crippen LogP) is 1.36. The van der Waals surface area contributed by atoms with Crippen LogP contribution in [0.15, 0.2) is 17.0 Å². The van der Waals surface area contributed by atoms with Gasteiger partial charge >= 0.3 is 5.97 Å². The summed E-state index contributed by atoms with van der Waals surface area (Å²) in [5.41, 5.74) is -0.317. The van der Waals surface area contributed by atoms with Crippen molar-refractivity contribution in [1.82, 2.24) is 4.72 Å². The summed E-state index contributed by atoms with van der Waals surface area (Å²) in [5, 5.41) is 9.08. The second-order valence-corrected chi connectivity index (χ2v) is 6.21. The number of benzene rings is 1. The van der Waals surface area contributed by atoms with Crippen LogP contribution in [0.2, 0.25) is 5.02 Å². The van der Waals surface area contributed by atoms with Crippen molar-refractivity contribution in [3.8, 4) is 5.75 Å². The molecule has 2 N–H and O–H groups in total. The number of sulfonamides is 1. The highest BCUT2D eigenvalue weighted by Crippen LogP contribution is 2.31. The van der Waals surface area contributed by atoms with E-state index in [2.05, 4.69) is 4.72 Å². The van der Waals surface area contributed by atoms with Crippen LogP contribution in [0.3, 0.4) is 0 Å². The maximum absolute atomic E-state index is 12.2. The largest absolute Gasteiger partial charge is 0.494 e. The molecule has 0 unspecified atom stereocenters. The lowest BCUT2D eigenvalue weighted by molar-refractivity contribution is 0.0693. The molecule has 0 aliphatic heterocycles. The number of hydrogen-bond acceptors (Lipinski definition) is 5. The Hall–Kier alpha value is -1.35. The van der Waals surface area contributed by atoms with Gasteiger partial charge in [0.1, 0.15) is 10.5 Å². The lowest BCUT2D eigenvalue weighted by atomic mass is 10.2. The fourth-order valence-electron chi connectivity index (χ4n) is 1.64. The summed E-state index contributed by atoms with van der Waals surface area (Å²) >= 11 is 5.78. The molecule has 21 heavy (non-hydrogen) atoms. The van der Waals surface area contributed by atoms with Gasteiger partial charge in [0.2, 0.25) is 10.0 Å². The molecule has 0 saturated heterocycles. The highest BCUT2D eigenvalue weighted by Gasteiger charge is 2.25. The first kappa shape index (κ1) is 17.7. The lowest BCUT2D eigenvalue weighted by Gasteiger charge is -2.13. The molecule has 0 amide bonds. The molecule has 7 nitrogen and oxygen atoms in total. The van der Waals surface area contributed by atoms with Crippen LogP contribution in [-0.4, -0.2) is 46.9 Å². The van der Waals surface area contributed by atoms with Crippen molar-refractivity contribution in [2.75, 3.05) is 27.4 Å². The van der Waals surface area contributed by atoms with Crippen molar-refractivity contribution in [1.29, 1.82) is 0 Å². The summed E-state index contributed by atoms with van der Waals surface area (Å²) in [5.74, 6) is -1.59. The number of hydrogen-bond donors (Lipinski definition) is 2. The van der Waals surface area contributed by atoms with E-state index in [4.69, 9.17) is 26.2 Å². The molecule has 0 spiro atoms. The Labute approximate surface area is 127 Å². The summed E-state index contributed by atoms with van der Waals surface area (Å²) in [6, 6.07) is 2.28. The quantitative estimate of drug-likeness (QED) is 0.694. The maximum Gasteiger partial charge on any atom is 0.339 e. The monoisotopic (exact) mass is 337 g/mol. The van der Waals surface area contributed by atoms with Crippen LogP contribution in [0.25, 0.3) is 0 Å². The standard InChI is InChI=1S/C12H16ClNO6S/c1-19-5-3-4-14-21(17,18)10-7-8(13)6-9(12(15)16)11(10)20-2/h6-7,14H,3-5H2,1-2H3,(H,15,16). The van der Waals surface area contributed by atoms with E-state index in [1.165, 1.54) is 14.2 Å². The summed E-state index contributed by atoms with van der Waals surface area (Å²) in [6.07, 6.45) is 0.477. The average molecular weight is 338 g/mol. The fraction of sp³-hybridized carbons (Fsp3) is 0.417. The molecule has 0 radical (unpaired) electrons. The first-order valence-electron chi connectivity index (χ1n) is 5.93. The van der Waals surface area contributed by atoms with E-state index in [0.717, 1.165) is 12.1 Å². The van der Waals surface area contributed by atoms with Gasteiger partial charge in [0.05, 0.1) is 7.11 Å². The Morgan fingerprint density at radius 3 is 2.57 bits per heavy atom. The van der Waals surface area contributed by atoms with Gasteiger partial charge in [0, 0.05) is 25.3 Å². The molecular weight excluding hydrogens is 322 g/mol. The molecule has 0 heterocycles. The molecule has 1 aromatic carbocycles. The van der Waals surface area contributed by atoms with Gasteiger partial charge in [-0.15, -0.1) is 0 Å². The van der Waals surface area contributed by atoms with Crippen LogP contribution >= 0.6 is 11.6 Å². The zero-order chi connectivity index (χ0) is 16.0. The van der Waals surface area contributed by atoms with Gasteiger partial charge in [-0.25, -0.2) is 17.9 Å². The Morgan fingerprint density at radius 1 is 1.38 bits per heavy atom. The van der Waals surface area contributed by atoms with Crippen LogP contribution in [0, 0.1) is 0 Å². The van der Waals surface area contributed by atoms with Gasteiger partial charge in [-0.3, -0.25) is 0 Å². The SMILES string of the molecule is COCCCNS(=O)(=O)c1cc(Cl)cc(C(=O)O)c1OC. The first-order valence-corrected chi connectivity index (χ1v) is 7.79. The number of ether oxygens (including phenoxy) is 2. The molecule has 0 aliphatic carbocycles. The predicted molar refractivity (Wildman–Crippen MR) is 76.6 cm³/mol. The molecule has 0 saturated carbocycles. The Balaban J connectivity index is 3.19. The van der Waals surface area contributed by atoms with Crippen molar-refractivity contribution >= 4 is 27.6 Å². The molecule has 0 aromatic heterocycles. The van der Waals surface area contributed by atoms with Gasteiger partial charge in [-0.2, -0.15) is 0 Å². The Bertz CT molecular complexity index is 616. The number of aromatic carboxylic acids is 1. The number of nitrogens with one attached hydrogen (secondary N) is 1. The van der Waals surface area contributed by atoms with Gasteiger partial charge in [-0.05, 0) is 18.6 Å². The zero-order valence-corrected chi connectivity index (χ0v) is 13.1. The van der Waals surface area contributed by atoms with Crippen LogP contribution in [-0.2, 0) is 14.8 Å². The minimum absolute atomic E-state index is 0.00883. The minimum atomic E-state index is -3.94. The molecule has 0 fully saturated rings. The van der Waals surface area contributed by atoms with E-state index in [1.807, 2.05) is 0 Å². The van der Waals surface area contributed by atoms with E-state index >= 15 is 0 Å². The van der Waals surface area contributed by atoms with Gasteiger partial charge in [0.25, 0.3) is 0 Å². The summed E-state index contributed by atoms with van der Waals surface area (Å²) < 4.78 is 36.5. The normalized spacial score (nSPS) is 11.4. The van der Waals surface area contributed by atoms with Crippen molar-refractivity contribution in [3.63, 3.8) is 0 Å². The van der Waals surface area contributed by atoms with Crippen LogP contribution in [0.5, 0.6) is 5.75 Å². The minimum Gasteiger partial charge on any atom is -0.494 e. The third-order valence-corrected chi connectivity index (χ3v) is 4.25. The molecule has 1 rings (SSSR count). The second-order valence-electron chi connectivity index (χ2n) is 4.03. The second kappa shape index (κ2) is 7.60. The van der Waals surface area contributed by atoms with E-state index in [1.54, 1.807) is 0 Å². The fourth-order valence-corrected chi connectivity index (χ4v) is 3.21. The van der Waals surface area contributed by atoms with E-state index in [0.29, 0.717) is 13.0 Å². The number of methoxy groups -OCH3 is 2. The zero-order valence-electron chi connectivity index (χ0n) is 11.6. The van der Waals surface area contributed by atoms with Gasteiger partial charge in [0.15, 0.2) is 5.75 Å². The molecule has 9 heteroatoms. The number of carboxylic acids is 1. The summed E-state index contributed by atoms with van der Waals surface area (Å²) in [7, 11) is -1.24. The molecule has 118 valence electrons. The Kier molecular flexibility index (Phi) is 6.41. The number of halogens is 1. The van der Waals surface area contributed by atoms with E-state index in [9.17, 15) is 13.2 Å². The third kappa shape index (κ3) is 4.57. The number of carbonyl (C=O) groups is 1. The first-order chi connectivity index (χ1) is 9.83. The average Bonchev–Trinajstić information content (AvgIpc) is 2.42. The molecule has 0 aliphatic rings. The van der Waals surface area contributed by atoms with E-state index in [-0.39, 0.29) is 27.8 Å². The summed E-state index contributed by atoms with van der Waals surface area (Å²) in [6.45, 7) is 0.545. The van der Waals surface area contributed by atoms with Gasteiger partial charge in [-0.1, -0.05) is 11.6 Å². The van der Waals surface area contributed by atoms with Crippen LogP contribution < -0.4 is 9.46 Å². The van der Waals surface area contributed by atoms with Crippen molar-refractivity contribution in [3.05, 3.63) is 22.7 Å². The number of rotatable bonds is 8. The highest BCUT2D eigenvalue weighted by molar-refractivity contribution is 7.89. The van der Waals surface area contributed by atoms with Crippen LogP contribution in [0.4, 0.5) is 0 Å². The maximum atomic E-state index is 12.2. The lowest BCUT2D eigenvalue weighted by Crippen LogP contribution is -2.26. The molecular formula is C12H16ClNO6S. The summed E-state index contributed by atoms with van der Waals surface area (Å²) in [4.78, 5) is 10.8. The van der Waals surface area contributed by atoms with Crippen LogP contribution in [0.1, 0.15) is 16.8 Å². The van der Waals surface area contributed by atoms with Crippen molar-refractivity contribution in [2.24, 2.45) is 0 Å². The molecule has 0 atom stereocenters. The third-order valence-electron chi connectivity index (χ3n) is 2.56. The highest BCUT2D eigenvalue weighted by atomic mass is 35.5. The van der Waals surface area contributed by atoms with Gasteiger partial charge < -0.3 is 14.6 Å². The smallest absolute Gasteiger partial charge is 0.339 e. The van der Waals surface area contributed by atoms with E-state index < -0.39 is 16.0 Å². The topological polar surface area (TPSA) is 102 Å². The van der Waals surface area contributed by atoms with Crippen molar-refractivity contribution in [2.45, 2.75) is 11.3 Å². The number of carboxylic acid groups (broad SMARTS) is 1. The molecule has 1 aromatic rings. The molecule has 0 bridgehead atoms. The Morgan fingerprint density at radius 2 is 2.05 bits per heavy atom. The van der Waals surface area contributed by atoms with Crippen molar-refractivity contribution < 1.29 is 27.8 Å².